The molecule has 0 amide bonds. The first kappa shape index (κ1) is 15.3. The van der Waals surface area contributed by atoms with Crippen LogP contribution in [-0.2, 0) is 0 Å². The van der Waals surface area contributed by atoms with Crippen molar-refractivity contribution in [2.45, 2.75) is 18.6 Å². The van der Waals surface area contributed by atoms with E-state index >= 15 is 0 Å². The van der Waals surface area contributed by atoms with E-state index < -0.39 is 18.2 Å². The van der Waals surface area contributed by atoms with Gasteiger partial charge in [0.2, 0.25) is 0 Å². The van der Waals surface area contributed by atoms with E-state index in [-0.39, 0.29) is 17.8 Å². The predicted octanol–water partition coefficient (Wildman–Crippen LogP) is 2.69. The molecule has 7 nitrogen and oxygen atoms in total. The fraction of sp³-hybridized carbons (Fsp3) is 0.308. The Morgan fingerprint density at radius 3 is 2.86 bits per heavy atom. The van der Waals surface area contributed by atoms with Gasteiger partial charge in [-0.3, -0.25) is 0 Å². The molecule has 0 aliphatic rings. The zero-order chi connectivity index (χ0) is 15.4. The Morgan fingerprint density at radius 1 is 1.43 bits per heavy atom. The maximum Gasteiger partial charge on any atom is 0.345 e. The maximum absolute atomic E-state index is 11.0. The van der Waals surface area contributed by atoms with Crippen LogP contribution in [0.2, 0.25) is 0 Å². The van der Waals surface area contributed by atoms with Crippen LogP contribution in [0.3, 0.4) is 0 Å². The average molecular weight is 307 g/mol. The van der Waals surface area contributed by atoms with Crippen molar-refractivity contribution in [3.05, 3.63) is 45.1 Å². The van der Waals surface area contributed by atoms with Crippen molar-refractivity contribution in [1.29, 1.82) is 0 Å². The molecule has 3 N–H and O–H groups in total. The number of nitrogens with zero attached hydrogens (tertiary/aromatic N) is 3. The van der Waals surface area contributed by atoms with E-state index in [9.17, 15) is 15.0 Å². The Bertz CT molecular complexity index is 709. The largest absolute Gasteiger partial charge is 0.477 e. The van der Waals surface area contributed by atoms with Gasteiger partial charge < -0.3 is 15.3 Å². The third-order valence-electron chi connectivity index (χ3n) is 3.08. The highest BCUT2D eigenvalue weighted by Crippen LogP contribution is 2.33. The molecule has 2 atom stereocenters. The lowest BCUT2D eigenvalue weighted by Crippen LogP contribution is -2.19. The van der Waals surface area contributed by atoms with Crippen LogP contribution >= 0.6 is 11.3 Å². The highest BCUT2D eigenvalue weighted by atomic mass is 32.1. The zero-order valence-corrected chi connectivity index (χ0v) is 11.7. The second-order valence-electron chi connectivity index (χ2n) is 4.43. The van der Waals surface area contributed by atoms with E-state index in [2.05, 4.69) is 10.0 Å². The van der Waals surface area contributed by atoms with Crippen molar-refractivity contribution in [2.24, 2.45) is 5.11 Å². The van der Waals surface area contributed by atoms with Gasteiger partial charge in [-0.25, -0.2) is 4.79 Å². The number of aliphatic hydroxyl groups excluding tert-OH is 2. The summed E-state index contributed by atoms with van der Waals surface area (Å²) in [5.41, 5.74) is 8.65. The monoisotopic (exact) mass is 307 g/mol. The molecular weight excluding hydrogens is 294 g/mol. The van der Waals surface area contributed by atoms with Crippen molar-refractivity contribution in [1.82, 2.24) is 0 Å². The lowest BCUT2D eigenvalue weighted by Gasteiger charge is -2.18. The molecule has 21 heavy (non-hydrogen) atoms. The number of hydrogen-bond donors (Lipinski definition) is 3. The number of rotatable bonds is 6. The zero-order valence-electron chi connectivity index (χ0n) is 10.9. The summed E-state index contributed by atoms with van der Waals surface area (Å²) >= 11 is 1.11. The summed E-state index contributed by atoms with van der Waals surface area (Å²) < 4.78 is 0.728. The van der Waals surface area contributed by atoms with Crippen molar-refractivity contribution in [3.8, 4) is 0 Å². The number of fused-ring (bicyclic) bond motifs is 1. The van der Waals surface area contributed by atoms with Gasteiger partial charge in [-0.2, -0.15) is 0 Å². The van der Waals surface area contributed by atoms with Gasteiger partial charge in [0, 0.05) is 16.2 Å². The van der Waals surface area contributed by atoms with Gasteiger partial charge in [-0.15, -0.1) is 11.3 Å². The van der Waals surface area contributed by atoms with Gasteiger partial charge in [-0.1, -0.05) is 17.2 Å². The van der Waals surface area contributed by atoms with Gasteiger partial charge in [0.1, 0.15) is 11.0 Å². The van der Waals surface area contributed by atoms with Gasteiger partial charge in [0.05, 0.1) is 6.10 Å². The van der Waals surface area contributed by atoms with Crippen LogP contribution < -0.4 is 0 Å². The smallest absolute Gasteiger partial charge is 0.345 e. The van der Waals surface area contributed by atoms with Crippen LogP contribution in [0.25, 0.3) is 20.5 Å². The lowest BCUT2D eigenvalue weighted by atomic mass is 9.99. The minimum Gasteiger partial charge on any atom is -0.477 e. The SMILES string of the molecule is [N-]=[N+]=NCCC(O)C(O)c1cccc2sc(C(=O)O)cc12. The Hall–Kier alpha value is -2.12. The molecule has 0 bridgehead atoms. The molecule has 1 aromatic carbocycles. The average Bonchev–Trinajstić information content (AvgIpc) is 2.90. The van der Waals surface area contributed by atoms with Crippen LogP contribution in [0.4, 0.5) is 0 Å². The number of aliphatic hydroxyl groups is 2. The van der Waals surface area contributed by atoms with Crippen molar-refractivity contribution < 1.29 is 20.1 Å². The third-order valence-corrected chi connectivity index (χ3v) is 4.17. The summed E-state index contributed by atoms with van der Waals surface area (Å²) in [5, 5.41) is 33.1. The Labute approximate surface area is 123 Å². The molecule has 0 saturated heterocycles. The van der Waals surface area contributed by atoms with E-state index in [0.29, 0.717) is 10.9 Å². The minimum atomic E-state index is -1.17. The van der Waals surface area contributed by atoms with Crippen LogP contribution in [0.5, 0.6) is 0 Å². The summed E-state index contributed by atoms with van der Waals surface area (Å²) in [7, 11) is 0. The molecule has 1 heterocycles. The molecule has 2 rings (SSSR count). The van der Waals surface area contributed by atoms with E-state index in [1.807, 2.05) is 0 Å². The van der Waals surface area contributed by atoms with Gasteiger partial charge in [-0.05, 0) is 35.0 Å². The normalized spacial score (nSPS) is 13.6. The maximum atomic E-state index is 11.0. The molecule has 0 fully saturated rings. The molecule has 0 spiro atoms. The number of aromatic carboxylic acids is 1. The van der Waals surface area contributed by atoms with E-state index in [1.165, 1.54) is 6.07 Å². The van der Waals surface area contributed by atoms with Crippen LogP contribution in [0.15, 0.2) is 29.4 Å². The first-order valence-electron chi connectivity index (χ1n) is 6.17. The van der Waals surface area contributed by atoms with E-state index in [4.69, 9.17) is 10.6 Å². The first-order chi connectivity index (χ1) is 10.0. The molecule has 2 aromatic rings. The standard InChI is InChI=1S/C13H13N3O4S/c14-16-15-5-4-9(17)12(18)7-2-1-3-10-8(7)6-11(21-10)13(19)20/h1-3,6,9,12,17-18H,4-5H2,(H,19,20). The summed E-state index contributed by atoms with van der Waals surface area (Å²) in [4.78, 5) is 13.8. The van der Waals surface area contributed by atoms with Crippen LogP contribution in [0.1, 0.15) is 27.8 Å². The highest BCUT2D eigenvalue weighted by Gasteiger charge is 2.21. The fourth-order valence-electron chi connectivity index (χ4n) is 2.05. The quantitative estimate of drug-likeness (QED) is 0.430. The number of hydrogen-bond acceptors (Lipinski definition) is 5. The van der Waals surface area contributed by atoms with Crippen molar-refractivity contribution >= 4 is 27.4 Å². The molecule has 110 valence electrons. The summed E-state index contributed by atoms with van der Waals surface area (Å²) in [5.74, 6) is -1.03. The molecule has 0 aliphatic heterocycles. The van der Waals surface area contributed by atoms with E-state index in [1.54, 1.807) is 18.2 Å². The van der Waals surface area contributed by atoms with Gasteiger partial charge >= 0.3 is 5.97 Å². The summed E-state index contributed by atoms with van der Waals surface area (Å²) in [6, 6.07) is 6.58. The predicted molar refractivity (Wildman–Crippen MR) is 78.4 cm³/mol. The number of carboxylic acids is 1. The molecular formula is C13H13N3O4S. The number of carboxylic acid groups (broad SMARTS) is 1. The number of benzene rings is 1. The number of carbonyl (C=O) groups is 1. The lowest BCUT2D eigenvalue weighted by molar-refractivity contribution is 0.0159. The Balaban J connectivity index is 2.32. The number of thiophene rings is 1. The summed E-state index contributed by atoms with van der Waals surface area (Å²) in [6.45, 7) is 0.0781. The van der Waals surface area contributed by atoms with Crippen LogP contribution in [-0.4, -0.2) is 33.9 Å². The number of azide groups is 1. The van der Waals surface area contributed by atoms with Gasteiger partial charge in [0.15, 0.2) is 0 Å². The molecule has 0 radical (unpaired) electrons. The van der Waals surface area contributed by atoms with Crippen molar-refractivity contribution in [3.63, 3.8) is 0 Å². The Morgan fingerprint density at radius 2 is 2.19 bits per heavy atom. The third kappa shape index (κ3) is 3.32. The second kappa shape index (κ2) is 6.55. The fourth-order valence-corrected chi connectivity index (χ4v) is 2.98. The highest BCUT2D eigenvalue weighted by molar-refractivity contribution is 7.20. The topological polar surface area (TPSA) is 127 Å². The van der Waals surface area contributed by atoms with E-state index in [0.717, 1.165) is 16.0 Å². The van der Waals surface area contributed by atoms with Gasteiger partial charge in [0.25, 0.3) is 0 Å². The minimum absolute atomic E-state index is 0.0781. The van der Waals surface area contributed by atoms with Crippen LogP contribution in [0, 0.1) is 0 Å². The molecule has 2 unspecified atom stereocenters. The molecule has 0 saturated carbocycles. The summed E-state index contributed by atoms with van der Waals surface area (Å²) in [6.07, 6.45) is -2.13. The Kier molecular flexibility index (Phi) is 4.77. The second-order valence-corrected chi connectivity index (χ2v) is 5.51. The molecule has 1 aromatic heterocycles. The first-order valence-corrected chi connectivity index (χ1v) is 6.99. The molecule has 0 aliphatic carbocycles. The molecule has 8 heteroatoms. The van der Waals surface area contributed by atoms with Crippen molar-refractivity contribution in [2.75, 3.05) is 6.54 Å².